The first-order chi connectivity index (χ1) is 8.13. The molecule has 0 aliphatic carbocycles. The van der Waals surface area contributed by atoms with Crippen molar-refractivity contribution in [3.05, 3.63) is 28.7 Å². The van der Waals surface area contributed by atoms with Crippen LogP contribution in [0.1, 0.15) is 6.42 Å². The Morgan fingerprint density at radius 2 is 2.18 bits per heavy atom. The smallest absolute Gasteiger partial charge is 0.238 e. The second-order valence-corrected chi connectivity index (χ2v) is 5.15. The van der Waals surface area contributed by atoms with Crippen LogP contribution < -0.4 is 5.32 Å². The first-order valence-electron chi connectivity index (χ1n) is 5.59. The van der Waals surface area contributed by atoms with Crippen molar-refractivity contribution in [2.75, 3.05) is 25.0 Å². The lowest BCUT2D eigenvalue weighted by molar-refractivity contribution is -0.117. The van der Waals surface area contributed by atoms with Gasteiger partial charge in [0, 0.05) is 23.2 Å². The molecule has 1 aromatic carbocycles. The summed E-state index contributed by atoms with van der Waals surface area (Å²) in [5, 5.41) is 12.2. The number of carbonyl (C=O) groups is 1. The Labute approximate surface area is 109 Å². The Balaban J connectivity index is 1.83. The summed E-state index contributed by atoms with van der Waals surface area (Å²) in [5.41, 5.74) is 0.790. The monoisotopic (exact) mass is 298 g/mol. The number of nitrogens with zero attached hydrogens (tertiary/aromatic N) is 1. The molecule has 92 valence electrons. The number of benzene rings is 1. The van der Waals surface area contributed by atoms with Crippen molar-refractivity contribution in [2.24, 2.45) is 0 Å². The number of nitrogens with one attached hydrogen (secondary N) is 1. The minimum atomic E-state index is -0.282. The van der Waals surface area contributed by atoms with Crippen LogP contribution in [0.25, 0.3) is 0 Å². The third-order valence-corrected chi connectivity index (χ3v) is 3.27. The van der Waals surface area contributed by atoms with Gasteiger partial charge in [-0.05, 0) is 30.7 Å². The van der Waals surface area contributed by atoms with Crippen LogP contribution in [0.2, 0.25) is 0 Å². The molecule has 17 heavy (non-hydrogen) atoms. The summed E-state index contributed by atoms with van der Waals surface area (Å²) in [5.74, 6) is -0.0403. The molecule has 1 saturated heterocycles. The van der Waals surface area contributed by atoms with Gasteiger partial charge in [-0.1, -0.05) is 15.9 Å². The maximum Gasteiger partial charge on any atom is 0.238 e. The Hall–Kier alpha value is -0.910. The summed E-state index contributed by atoms with van der Waals surface area (Å²) in [4.78, 5) is 13.7. The Bertz CT molecular complexity index is 394. The van der Waals surface area contributed by atoms with Crippen molar-refractivity contribution in [3.63, 3.8) is 0 Å². The molecule has 1 fully saturated rings. The zero-order chi connectivity index (χ0) is 12.3. The maximum absolute atomic E-state index is 11.7. The number of likely N-dealkylation sites (tertiary alicyclic amines) is 1. The molecule has 0 spiro atoms. The van der Waals surface area contributed by atoms with Gasteiger partial charge < -0.3 is 10.4 Å². The van der Waals surface area contributed by atoms with E-state index >= 15 is 0 Å². The highest BCUT2D eigenvalue weighted by Crippen LogP contribution is 2.14. The average Bonchev–Trinajstić information content (AvgIpc) is 2.67. The summed E-state index contributed by atoms with van der Waals surface area (Å²) in [6, 6.07) is 7.46. The van der Waals surface area contributed by atoms with E-state index in [1.807, 2.05) is 29.2 Å². The molecule has 1 aliphatic heterocycles. The number of hydrogen-bond donors (Lipinski definition) is 2. The molecular formula is C12H15BrN2O2. The standard InChI is InChI=1S/C12H15BrN2O2/c13-9-1-3-10(4-2-9)14-12(17)8-15-6-5-11(16)7-15/h1-4,11,16H,5-8H2,(H,14,17)/t11-/m1/s1. The number of carbonyl (C=O) groups excluding carboxylic acids is 1. The van der Waals surface area contributed by atoms with Crippen molar-refractivity contribution < 1.29 is 9.90 Å². The Morgan fingerprint density at radius 1 is 1.47 bits per heavy atom. The van der Waals surface area contributed by atoms with Gasteiger partial charge >= 0.3 is 0 Å². The van der Waals surface area contributed by atoms with Gasteiger partial charge in [-0.15, -0.1) is 0 Å². The fraction of sp³-hybridized carbons (Fsp3) is 0.417. The summed E-state index contributed by atoms with van der Waals surface area (Å²) in [6.45, 7) is 1.72. The molecule has 1 aliphatic rings. The van der Waals surface area contributed by atoms with E-state index in [9.17, 15) is 9.90 Å². The Morgan fingerprint density at radius 3 is 2.76 bits per heavy atom. The highest BCUT2D eigenvalue weighted by molar-refractivity contribution is 9.10. The first-order valence-corrected chi connectivity index (χ1v) is 6.38. The minimum Gasteiger partial charge on any atom is -0.392 e. The van der Waals surface area contributed by atoms with E-state index in [4.69, 9.17) is 0 Å². The molecule has 1 aromatic rings. The van der Waals surface area contributed by atoms with Gasteiger partial charge in [0.15, 0.2) is 0 Å². The summed E-state index contributed by atoms with van der Waals surface area (Å²) in [6.07, 6.45) is 0.474. The summed E-state index contributed by atoms with van der Waals surface area (Å²) in [7, 11) is 0. The van der Waals surface area contributed by atoms with Crippen LogP contribution in [0.4, 0.5) is 5.69 Å². The van der Waals surface area contributed by atoms with Gasteiger partial charge in [0.25, 0.3) is 0 Å². The number of halogens is 1. The number of amides is 1. The van der Waals surface area contributed by atoms with E-state index < -0.39 is 0 Å². The average molecular weight is 299 g/mol. The van der Waals surface area contributed by atoms with Crippen LogP contribution in [-0.2, 0) is 4.79 Å². The number of aliphatic hydroxyl groups is 1. The van der Waals surface area contributed by atoms with Crippen LogP contribution in [0, 0.1) is 0 Å². The van der Waals surface area contributed by atoms with E-state index in [1.54, 1.807) is 0 Å². The van der Waals surface area contributed by atoms with E-state index in [2.05, 4.69) is 21.2 Å². The van der Waals surface area contributed by atoms with Crippen LogP contribution in [-0.4, -0.2) is 41.7 Å². The third-order valence-electron chi connectivity index (χ3n) is 2.74. The molecule has 0 saturated carbocycles. The molecule has 0 bridgehead atoms. The number of hydrogen-bond acceptors (Lipinski definition) is 3. The van der Waals surface area contributed by atoms with Crippen molar-refractivity contribution in [1.82, 2.24) is 4.90 Å². The van der Waals surface area contributed by atoms with Crippen LogP contribution in [0.5, 0.6) is 0 Å². The highest BCUT2D eigenvalue weighted by atomic mass is 79.9. The van der Waals surface area contributed by atoms with E-state index in [0.717, 1.165) is 23.1 Å². The largest absolute Gasteiger partial charge is 0.392 e. The molecule has 4 nitrogen and oxygen atoms in total. The van der Waals surface area contributed by atoms with Gasteiger partial charge in [-0.25, -0.2) is 0 Å². The SMILES string of the molecule is O=C(CN1CC[C@@H](O)C1)Nc1ccc(Br)cc1. The maximum atomic E-state index is 11.7. The predicted molar refractivity (Wildman–Crippen MR) is 69.8 cm³/mol. The van der Waals surface area contributed by atoms with E-state index in [1.165, 1.54) is 0 Å². The van der Waals surface area contributed by atoms with Crippen molar-refractivity contribution >= 4 is 27.5 Å². The lowest BCUT2D eigenvalue weighted by Gasteiger charge is -2.14. The van der Waals surface area contributed by atoms with Crippen LogP contribution >= 0.6 is 15.9 Å². The second-order valence-electron chi connectivity index (χ2n) is 4.23. The van der Waals surface area contributed by atoms with Gasteiger partial charge in [0.2, 0.25) is 5.91 Å². The lowest BCUT2D eigenvalue weighted by Crippen LogP contribution is -2.32. The molecule has 0 aromatic heterocycles. The second kappa shape index (κ2) is 5.62. The van der Waals surface area contributed by atoms with Crippen LogP contribution in [0.3, 0.4) is 0 Å². The molecule has 0 radical (unpaired) electrons. The molecule has 2 rings (SSSR count). The Kier molecular flexibility index (Phi) is 4.15. The minimum absolute atomic E-state index is 0.0403. The number of rotatable bonds is 3. The predicted octanol–water partition coefficient (Wildman–Crippen LogP) is 1.45. The van der Waals surface area contributed by atoms with Gasteiger partial charge in [-0.3, -0.25) is 9.69 Å². The fourth-order valence-corrected chi connectivity index (χ4v) is 2.16. The zero-order valence-corrected chi connectivity index (χ0v) is 11.0. The van der Waals surface area contributed by atoms with E-state index in [0.29, 0.717) is 13.1 Å². The molecule has 2 N–H and O–H groups in total. The van der Waals surface area contributed by atoms with Crippen LogP contribution in [0.15, 0.2) is 28.7 Å². The summed E-state index contributed by atoms with van der Waals surface area (Å²) >= 11 is 3.34. The highest BCUT2D eigenvalue weighted by Gasteiger charge is 2.21. The van der Waals surface area contributed by atoms with Crippen molar-refractivity contribution in [3.8, 4) is 0 Å². The van der Waals surface area contributed by atoms with Gasteiger partial charge in [0.05, 0.1) is 12.6 Å². The molecule has 0 unspecified atom stereocenters. The fourth-order valence-electron chi connectivity index (χ4n) is 1.89. The molecule has 1 amide bonds. The van der Waals surface area contributed by atoms with Crippen molar-refractivity contribution in [2.45, 2.75) is 12.5 Å². The van der Waals surface area contributed by atoms with E-state index in [-0.39, 0.29) is 12.0 Å². The number of β-amino-alcohol motifs (C(OH)–C–C–N with tert-alkyl or cyclic N) is 1. The van der Waals surface area contributed by atoms with Crippen molar-refractivity contribution in [1.29, 1.82) is 0 Å². The summed E-state index contributed by atoms with van der Waals surface area (Å²) < 4.78 is 0.984. The molecule has 5 heteroatoms. The topological polar surface area (TPSA) is 52.6 Å². The zero-order valence-electron chi connectivity index (χ0n) is 9.40. The number of aliphatic hydroxyl groups excluding tert-OH is 1. The molecular weight excluding hydrogens is 284 g/mol. The quantitative estimate of drug-likeness (QED) is 0.888. The van der Waals surface area contributed by atoms with Gasteiger partial charge in [-0.2, -0.15) is 0 Å². The molecule has 1 heterocycles. The van der Waals surface area contributed by atoms with Gasteiger partial charge in [0.1, 0.15) is 0 Å². The third kappa shape index (κ3) is 3.80. The molecule has 1 atom stereocenters. The first kappa shape index (κ1) is 12.5. The normalized spacial score (nSPS) is 20.5. The number of anilines is 1. The lowest BCUT2D eigenvalue weighted by atomic mass is 10.3.